The van der Waals surface area contributed by atoms with E-state index in [-0.39, 0.29) is 16.0 Å². The third-order valence-corrected chi connectivity index (χ3v) is 3.84. The molecule has 0 atom stereocenters. The van der Waals surface area contributed by atoms with Crippen molar-refractivity contribution < 1.29 is 4.79 Å². The number of likely N-dealkylation sites (N-methyl/N-ethyl adjacent to an activating group) is 1. The van der Waals surface area contributed by atoms with E-state index in [1.165, 1.54) is 6.20 Å². The van der Waals surface area contributed by atoms with Crippen molar-refractivity contribution in [1.29, 1.82) is 0 Å². The van der Waals surface area contributed by atoms with Gasteiger partial charge in [0.2, 0.25) is 0 Å². The molecule has 0 unspecified atom stereocenters. The molecule has 8 heteroatoms. The SMILES string of the molecule is CN(C)CCNC(=O)c1ccc(-n2ncc(Cl)c(Cl)c2=O)cc1. The first-order chi connectivity index (χ1) is 10.9. The molecule has 6 nitrogen and oxygen atoms in total. The van der Waals surface area contributed by atoms with Crippen LogP contribution >= 0.6 is 23.2 Å². The number of aromatic nitrogens is 2. The van der Waals surface area contributed by atoms with Gasteiger partial charge in [0.1, 0.15) is 5.02 Å². The van der Waals surface area contributed by atoms with Gasteiger partial charge < -0.3 is 10.2 Å². The largest absolute Gasteiger partial charge is 0.351 e. The number of nitrogens with one attached hydrogen (secondary N) is 1. The van der Waals surface area contributed by atoms with Crippen molar-refractivity contribution in [1.82, 2.24) is 20.0 Å². The normalized spacial score (nSPS) is 10.8. The minimum atomic E-state index is -0.512. The van der Waals surface area contributed by atoms with Crippen LogP contribution in [-0.4, -0.2) is 47.8 Å². The van der Waals surface area contributed by atoms with Gasteiger partial charge in [-0.15, -0.1) is 0 Å². The Morgan fingerprint density at radius 2 is 1.91 bits per heavy atom. The molecule has 1 aromatic heterocycles. The second-order valence-electron chi connectivity index (χ2n) is 5.13. The molecule has 0 aliphatic carbocycles. The highest BCUT2D eigenvalue weighted by atomic mass is 35.5. The highest BCUT2D eigenvalue weighted by Gasteiger charge is 2.10. The molecule has 23 heavy (non-hydrogen) atoms. The lowest BCUT2D eigenvalue weighted by molar-refractivity contribution is 0.0951. The summed E-state index contributed by atoms with van der Waals surface area (Å²) in [4.78, 5) is 26.0. The number of halogens is 2. The monoisotopic (exact) mass is 354 g/mol. The van der Waals surface area contributed by atoms with Gasteiger partial charge in [-0.2, -0.15) is 9.78 Å². The quantitative estimate of drug-likeness (QED) is 0.889. The van der Waals surface area contributed by atoms with Gasteiger partial charge in [-0.25, -0.2) is 0 Å². The van der Waals surface area contributed by atoms with Gasteiger partial charge in [-0.05, 0) is 38.4 Å². The van der Waals surface area contributed by atoms with Gasteiger partial charge >= 0.3 is 0 Å². The fraction of sp³-hybridized carbons (Fsp3) is 0.267. The van der Waals surface area contributed by atoms with Crippen molar-refractivity contribution in [2.24, 2.45) is 0 Å². The van der Waals surface area contributed by atoms with E-state index < -0.39 is 5.56 Å². The molecule has 0 spiro atoms. The zero-order valence-electron chi connectivity index (χ0n) is 12.7. The molecule has 0 saturated carbocycles. The Kier molecular flexibility index (Phi) is 5.76. The fourth-order valence-electron chi connectivity index (χ4n) is 1.85. The summed E-state index contributed by atoms with van der Waals surface area (Å²) in [6.45, 7) is 1.31. The van der Waals surface area contributed by atoms with Gasteiger partial charge in [0.05, 0.1) is 16.9 Å². The van der Waals surface area contributed by atoms with Crippen LogP contribution in [0.3, 0.4) is 0 Å². The zero-order valence-corrected chi connectivity index (χ0v) is 14.2. The van der Waals surface area contributed by atoms with E-state index in [0.717, 1.165) is 11.2 Å². The summed E-state index contributed by atoms with van der Waals surface area (Å²) in [5, 5.41) is 6.76. The summed E-state index contributed by atoms with van der Waals surface area (Å²) in [6, 6.07) is 6.49. The number of benzene rings is 1. The van der Waals surface area contributed by atoms with E-state index in [0.29, 0.717) is 17.8 Å². The number of hydrogen-bond acceptors (Lipinski definition) is 4. The smallest absolute Gasteiger partial charge is 0.291 e. The maximum atomic E-state index is 12.0. The van der Waals surface area contributed by atoms with E-state index in [4.69, 9.17) is 23.2 Å². The minimum Gasteiger partial charge on any atom is -0.351 e. The van der Waals surface area contributed by atoms with E-state index in [1.807, 2.05) is 19.0 Å². The van der Waals surface area contributed by atoms with Crippen LogP contribution in [0.5, 0.6) is 0 Å². The highest BCUT2D eigenvalue weighted by molar-refractivity contribution is 6.41. The van der Waals surface area contributed by atoms with Crippen LogP contribution in [0.1, 0.15) is 10.4 Å². The summed E-state index contributed by atoms with van der Waals surface area (Å²) >= 11 is 11.6. The molecule has 0 fully saturated rings. The third-order valence-electron chi connectivity index (χ3n) is 3.10. The maximum Gasteiger partial charge on any atom is 0.291 e. The number of nitrogens with zero attached hydrogens (tertiary/aromatic N) is 3. The Bertz CT molecular complexity index is 757. The molecule has 2 rings (SSSR count). The summed E-state index contributed by atoms with van der Waals surface area (Å²) in [5.41, 5.74) is 0.487. The van der Waals surface area contributed by atoms with Crippen molar-refractivity contribution in [3.8, 4) is 5.69 Å². The Morgan fingerprint density at radius 3 is 2.52 bits per heavy atom. The van der Waals surface area contributed by atoms with E-state index in [1.54, 1.807) is 24.3 Å². The number of amides is 1. The molecule has 1 aromatic carbocycles. The van der Waals surface area contributed by atoms with Gasteiger partial charge in [0.25, 0.3) is 11.5 Å². The second-order valence-corrected chi connectivity index (χ2v) is 5.91. The van der Waals surface area contributed by atoms with Crippen molar-refractivity contribution in [3.05, 3.63) is 56.4 Å². The first-order valence-electron chi connectivity index (χ1n) is 6.87. The number of carbonyl (C=O) groups is 1. The summed E-state index contributed by atoms with van der Waals surface area (Å²) < 4.78 is 1.13. The minimum absolute atomic E-state index is 0.0906. The Labute approximate surface area is 143 Å². The van der Waals surface area contributed by atoms with Gasteiger partial charge in [0.15, 0.2) is 0 Å². The lowest BCUT2D eigenvalue weighted by atomic mass is 10.2. The fourth-order valence-corrected chi connectivity index (χ4v) is 2.10. The van der Waals surface area contributed by atoms with E-state index in [9.17, 15) is 9.59 Å². The van der Waals surface area contributed by atoms with Crippen molar-refractivity contribution in [2.45, 2.75) is 0 Å². The molecule has 2 aromatic rings. The van der Waals surface area contributed by atoms with Crippen molar-refractivity contribution in [3.63, 3.8) is 0 Å². The molecular weight excluding hydrogens is 339 g/mol. The number of carbonyl (C=O) groups excluding carboxylic acids is 1. The number of rotatable bonds is 5. The lowest BCUT2D eigenvalue weighted by Gasteiger charge is -2.11. The van der Waals surface area contributed by atoms with Gasteiger partial charge in [-0.3, -0.25) is 9.59 Å². The Morgan fingerprint density at radius 1 is 1.26 bits per heavy atom. The van der Waals surface area contributed by atoms with Crippen molar-refractivity contribution >= 4 is 29.1 Å². The van der Waals surface area contributed by atoms with Gasteiger partial charge in [0, 0.05) is 18.7 Å². The van der Waals surface area contributed by atoms with Crippen LogP contribution < -0.4 is 10.9 Å². The standard InChI is InChI=1S/C15H16Cl2N4O2/c1-20(2)8-7-18-14(22)10-3-5-11(6-4-10)21-15(23)13(17)12(16)9-19-21/h3-6,9H,7-8H2,1-2H3,(H,18,22). The molecule has 1 heterocycles. The van der Waals surface area contributed by atoms with Crippen LogP contribution in [0.25, 0.3) is 5.69 Å². The van der Waals surface area contributed by atoms with Crippen molar-refractivity contribution in [2.75, 3.05) is 27.2 Å². The first-order valence-corrected chi connectivity index (χ1v) is 7.62. The van der Waals surface area contributed by atoms with Gasteiger partial charge in [-0.1, -0.05) is 23.2 Å². The lowest BCUT2D eigenvalue weighted by Crippen LogP contribution is -2.31. The summed E-state index contributed by atoms with van der Waals surface area (Å²) in [5.74, 6) is -0.173. The first kappa shape index (κ1) is 17.5. The van der Waals surface area contributed by atoms with Crippen LogP contribution in [0, 0.1) is 0 Å². The maximum absolute atomic E-state index is 12.0. The molecular formula is C15H16Cl2N4O2. The number of hydrogen-bond donors (Lipinski definition) is 1. The zero-order chi connectivity index (χ0) is 17.0. The molecule has 0 radical (unpaired) electrons. The average molecular weight is 355 g/mol. The Balaban J connectivity index is 2.15. The van der Waals surface area contributed by atoms with Crippen LogP contribution in [0.4, 0.5) is 0 Å². The third kappa shape index (κ3) is 4.31. The molecule has 1 N–H and O–H groups in total. The molecule has 1 amide bonds. The Hall–Kier alpha value is -1.89. The van der Waals surface area contributed by atoms with Crippen LogP contribution in [-0.2, 0) is 0 Å². The predicted molar refractivity (Wildman–Crippen MR) is 90.7 cm³/mol. The van der Waals surface area contributed by atoms with Crippen LogP contribution in [0.15, 0.2) is 35.3 Å². The highest BCUT2D eigenvalue weighted by Crippen LogP contribution is 2.16. The average Bonchev–Trinajstić information content (AvgIpc) is 2.52. The van der Waals surface area contributed by atoms with E-state index >= 15 is 0 Å². The molecule has 0 saturated heterocycles. The molecule has 0 aliphatic rings. The molecule has 0 aliphatic heterocycles. The van der Waals surface area contributed by atoms with E-state index in [2.05, 4.69) is 10.4 Å². The van der Waals surface area contributed by atoms with Crippen LogP contribution in [0.2, 0.25) is 10.0 Å². The molecule has 0 bridgehead atoms. The summed E-state index contributed by atoms with van der Waals surface area (Å²) in [6.07, 6.45) is 1.30. The second kappa shape index (κ2) is 7.59. The molecule has 122 valence electrons. The topological polar surface area (TPSA) is 67.2 Å². The predicted octanol–water partition coefficient (Wildman–Crippen LogP) is 1.83. The summed E-state index contributed by atoms with van der Waals surface area (Å²) in [7, 11) is 3.87.